The molecular weight excluding hydrogens is 247 g/mol. The average molecular weight is 263 g/mol. The Morgan fingerprint density at radius 3 is 2.67 bits per heavy atom. The van der Waals surface area contributed by atoms with Crippen LogP contribution in [-0.2, 0) is 4.74 Å². The molecule has 7 heteroatoms. The SMILES string of the molecule is COCN1CC(C)(C)N2CC=C(C(F)(F)F)N=C12. The molecule has 0 N–H and O–H groups in total. The highest BCUT2D eigenvalue weighted by molar-refractivity contribution is 5.85. The molecule has 0 aromatic carbocycles. The van der Waals surface area contributed by atoms with Crippen LogP contribution in [0.2, 0.25) is 0 Å². The molecule has 0 aromatic heterocycles. The van der Waals surface area contributed by atoms with Gasteiger partial charge in [-0.25, -0.2) is 4.99 Å². The minimum absolute atomic E-state index is 0.223. The topological polar surface area (TPSA) is 28.1 Å². The minimum atomic E-state index is -4.40. The maximum Gasteiger partial charge on any atom is 0.433 e. The third-order valence-corrected chi connectivity index (χ3v) is 3.10. The van der Waals surface area contributed by atoms with Crippen LogP contribution in [0.1, 0.15) is 13.8 Å². The zero-order valence-electron chi connectivity index (χ0n) is 10.6. The predicted octanol–water partition coefficient (Wildman–Crippen LogP) is 1.80. The zero-order chi connectivity index (χ0) is 13.6. The number of hydrogen-bond acceptors (Lipinski definition) is 4. The van der Waals surface area contributed by atoms with Gasteiger partial charge in [0.05, 0.1) is 5.54 Å². The van der Waals surface area contributed by atoms with Crippen LogP contribution in [0.4, 0.5) is 13.2 Å². The highest BCUT2D eigenvalue weighted by Crippen LogP contribution is 2.34. The van der Waals surface area contributed by atoms with Crippen LogP contribution in [-0.4, -0.2) is 54.4 Å². The Morgan fingerprint density at radius 1 is 1.44 bits per heavy atom. The number of allylic oxidation sites excluding steroid dienone is 1. The number of halogens is 3. The van der Waals surface area contributed by atoms with Crippen LogP contribution in [0, 0.1) is 0 Å². The summed E-state index contributed by atoms with van der Waals surface area (Å²) < 4.78 is 43.0. The number of guanidine groups is 1. The lowest BCUT2D eigenvalue weighted by Gasteiger charge is -2.32. The van der Waals surface area contributed by atoms with E-state index >= 15 is 0 Å². The van der Waals surface area contributed by atoms with Crippen molar-refractivity contribution in [3.05, 3.63) is 11.8 Å². The second-order valence-electron chi connectivity index (χ2n) is 5.04. The molecule has 0 aliphatic carbocycles. The van der Waals surface area contributed by atoms with Crippen LogP contribution in [0.25, 0.3) is 0 Å². The largest absolute Gasteiger partial charge is 0.433 e. The third kappa shape index (κ3) is 2.19. The van der Waals surface area contributed by atoms with Gasteiger partial charge in [0.1, 0.15) is 12.4 Å². The molecule has 0 unspecified atom stereocenters. The molecule has 0 bridgehead atoms. The summed E-state index contributed by atoms with van der Waals surface area (Å²) in [6, 6.07) is 0. The van der Waals surface area contributed by atoms with Gasteiger partial charge in [0, 0.05) is 20.2 Å². The van der Waals surface area contributed by atoms with E-state index in [0.717, 1.165) is 6.08 Å². The van der Waals surface area contributed by atoms with Crippen LogP contribution in [0.5, 0.6) is 0 Å². The molecule has 1 saturated heterocycles. The van der Waals surface area contributed by atoms with Crippen molar-refractivity contribution >= 4 is 5.96 Å². The number of alkyl halides is 3. The number of rotatable bonds is 2. The summed E-state index contributed by atoms with van der Waals surface area (Å²) in [6.45, 7) is 5.01. The van der Waals surface area contributed by atoms with Crippen molar-refractivity contribution < 1.29 is 17.9 Å². The van der Waals surface area contributed by atoms with E-state index in [0.29, 0.717) is 12.5 Å². The van der Waals surface area contributed by atoms with Gasteiger partial charge in [-0.2, -0.15) is 13.2 Å². The Morgan fingerprint density at radius 2 is 2.11 bits per heavy atom. The average Bonchev–Trinajstić information content (AvgIpc) is 2.50. The van der Waals surface area contributed by atoms with Gasteiger partial charge in [-0.15, -0.1) is 0 Å². The number of fused-ring (bicyclic) bond motifs is 1. The molecule has 0 spiro atoms. The minimum Gasteiger partial charge on any atom is -0.364 e. The fourth-order valence-corrected chi connectivity index (χ4v) is 2.29. The molecule has 2 aliphatic rings. The summed E-state index contributed by atoms with van der Waals surface area (Å²) in [5.41, 5.74) is -1.07. The van der Waals surface area contributed by atoms with Gasteiger partial charge in [-0.3, -0.25) is 0 Å². The first kappa shape index (κ1) is 13.2. The molecular formula is C11H16F3N3O. The lowest BCUT2D eigenvalue weighted by Crippen LogP contribution is -2.44. The Hall–Kier alpha value is -1.24. The molecule has 0 radical (unpaired) electrons. The van der Waals surface area contributed by atoms with E-state index in [-0.39, 0.29) is 18.8 Å². The Labute approximate surface area is 104 Å². The number of methoxy groups -OCH3 is 1. The van der Waals surface area contributed by atoms with Gasteiger partial charge in [0.2, 0.25) is 5.96 Å². The highest BCUT2D eigenvalue weighted by atomic mass is 19.4. The first-order valence-corrected chi connectivity index (χ1v) is 5.63. The highest BCUT2D eigenvalue weighted by Gasteiger charge is 2.45. The number of nitrogens with zero attached hydrogens (tertiary/aromatic N) is 3. The normalized spacial score (nSPS) is 22.8. The monoisotopic (exact) mass is 263 g/mol. The van der Waals surface area contributed by atoms with E-state index in [1.807, 2.05) is 18.7 Å². The second-order valence-corrected chi connectivity index (χ2v) is 5.04. The van der Waals surface area contributed by atoms with Crippen molar-refractivity contribution in [3.63, 3.8) is 0 Å². The van der Waals surface area contributed by atoms with Crippen LogP contribution >= 0.6 is 0 Å². The zero-order valence-corrected chi connectivity index (χ0v) is 10.6. The predicted molar refractivity (Wildman–Crippen MR) is 60.9 cm³/mol. The summed E-state index contributed by atoms with van der Waals surface area (Å²) in [5, 5.41) is 0. The van der Waals surface area contributed by atoms with Gasteiger partial charge < -0.3 is 14.5 Å². The maximum absolute atomic E-state index is 12.7. The van der Waals surface area contributed by atoms with Crippen molar-refractivity contribution in [2.24, 2.45) is 4.99 Å². The van der Waals surface area contributed by atoms with E-state index in [1.165, 1.54) is 7.11 Å². The van der Waals surface area contributed by atoms with Crippen LogP contribution in [0.15, 0.2) is 16.8 Å². The van der Waals surface area contributed by atoms with Crippen LogP contribution in [0.3, 0.4) is 0 Å². The summed E-state index contributed by atoms with van der Waals surface area (Å²) >= 11 is 0. The first-order valence-electron chi connectivity index (χ1n) is 5.63. The molecule has 2 heterocycles. The molecule has 0 aromatic rings. The second kappa shape index (κ2) is 4.15. The molecule has 0 saturated carbocycles. The summed E-state index contributed by atoms with van der Waals surface area (Å²) in [6.07, 6.45) is -3.27. The smallest absolute Gasteiger partial charge is 0.364 e. The van der Waals surface area contributed by atoms with Crippen molar-refractivity contribution in [3.8, 4) is 0 Å². The first-order chi connectivity index (χ1) is 8.25. The van der Waals surface area contributed by atoms with E-state index in [9.17, 15) is 13.2 Å². The third-order valence-electron chi connectivity index (χ3n) is 3.10. The number of hydrogen-bond donors (Lipinski definition) is 0. The Bertz CT molecular complexity index is 401. The standard InChI is InChI=1S/C11H16F3N3O/c1-10(2)6-16(7-18-3)9-15-8(11(12,13)14)4-5-17(9)10/h4H,5-7H2,1-3H3. The van der Waals surface area contributed by atoms with Gasteiger partial charge in [0.25, 0.3) is 0 Å². The molecule has 4 nitrogen and oxygen atoms in total. The fraction of sp³-hybridized carbons (Fsp3) is 0.727. The maximum atomic E-state index is 12.7. The van der Waals surface area contributed by atoms with Gasteiger partial charge in [0.15, 0.2) is 0 Å². The Balaban J connectivity index is 2.31. The van der Waals surface area contributed by atoms with Crippen molar-refractivity contribution in [2.75, 3.05) is 26.9 Å². The molecule has 2 rings (SSSR count). The number of aliphatic imine (C=N–C) groups is 1. The molecule has 0 amide bonds. The van der Waals surface area contributed by atoms with Gasteiger partial charge in [-0.05, 0) is 19.9 Å². The van der Waals surface area contributed by atoms with Gasteiger partial charge >= 0.3 is 6.18 Å². The summed E-state index contributed by atoms with van der Waals surface area (Å²) in [7, 11) is 1.51. The molecule has 0 atom stereocenters. The van der Waals surface area contributed by atoms with E-state index in [4.69, 9.17) is 4.74 Å². The fourth-order valence-electron chi connectivity index (χ4n) is 2.29. The van der Waals surface area contributed by atoms with Crippen molar-refractivity contribution in [2.45, 2.75) is 25.6 Å². The van der Waals surface area contributed by atoms with E-state index in [1.54, 1.807) is 4.90 Å². The lowest BCUT2D eigenvalue weighted by atomic mass is 10.1. The van der Waals surface area contributed by atoms with E-state index < -0.39 is 11.9 Å². The molecule has 1 fully saturated rings. The number of ether oxygens (including phenoxy) is 1. The van der Waals surface area contributed by atoms with Crippen molar-refractivity contribution in [1.82, 2.24) is 9.80 Å². The van der Waals surface area contributed by atoms with Crippen LogP contribution < -0.4 is 0 Å². The quantitative estimate of drug-likeness (QED) is 0.760. The molecule has 18 heavy (non-hydrogen) atoms. The lowest BCUT2D eigenvalue weighted by molar-refractivity contribution is -0.0932. The summed E-state index contributed by atoms with van der Waals surface area (Å²) in [4.78, 5) is 7.32. The van der Waals surface area contributed by atoms with Crippen molar-refractivity contribution in [1.29, 1.82) is 0 Å². The molecule has 102 valence electrons. The van der Waals surface area contributed by atoms with Gasteiger partial charge in [-0.1, -0.05) is 0 Å². The Kier molecular flexibility index (Phi) is 3.04. The summed E-state index contributed by atoms with van der Waals surface area (Å²) in [5.74, 6) is 0.344. The molecule has 2 aliphatic heterocycles. The van der Waals surface area contributed by atoms with E-state index in [2.05, 4.69) is 4.99 Å².